The van der Waals surface area contributed by atoms with Gasteiger partial charge in [0.1, 0.15) is 0 Å². The maximum absolute atomic E-state index is 4.25. The molecule has 18 heavy (non-hydrogen) atoms. The minimum absolute atomic E-state index is 0.739. The normalized spacial score (nSPS) is 28.5. The molecule has 1 aliphatic carbocycles. The van der Waals surface area contributed by atoms with Gasteiger partial charge in [-0.15, -0.1) is 0 Å². The van der Waals surface area contributed by atoms with Gasteiger partial charge in [-0.2, -0.15) is 5.10 Å². The topological polar surface area (TPSA) is 29.9 Å². The molecule has 0 aliphatic heterocycles. The Kier molecular flexibility index (Phi) is 4.81. The fraction of sp³-hybridized carbons (Fsp3) is 0.800. The summed E-state index contributed by atoms with van der Waals surface area (Å²) in [5.41, 5.74) is 1.38. The fourth-order valence-electron chi connectivity index (χ4n) is 3.30. The molecule has 0 saturated heterocycles. The first kappa shape index (κ1) is 13.6. The molecule has 0 bridgehead atoms. The lowest BCUT2D eigenvalue weighted by Gasteiger charge is -2.35. The Morgan fingerprint density at radius 2 is 2.28 bits per heavy atom. The number of nitrogens with one attached hydrogen (secondary N) is 1. The van der Waals surface area contributed by atoms with Gasteiger partial charge < -0.3 is 5.32 Å². The van der Waals surface area contributed by atoms with Gasteiger partial charge in [0, 0.05) is 19.3 Å². The number of hydrogen-bond donors (Lipinski definition) is 1. The van der Waals surface area contributed by atoms with Gasteiger partial charge in [0.2, 0.25) is 0 Å². The second kappa shape index (κ2) is 6.37. The van der Waals surface area contributed by atoms with Crippen LogP contribution >= 0.6 is 0 Å². The first-order valence-electron chi connectivity index (χ1n) is 7.40. The van der Waals surface area contributed by atoms with Crippen LogP contribution in [0.2, 0.25) is 0 Å². The molecule has 1 saturated carbocycles. The van der Waals surface area contributed by atoms with Crippen molar-refractivity contribution in [2.75, 3.05) is 6.54 Å². The van der Waals surface area contributed by atoms with Crippen molar-refractivity contribution < 1.29 is 0 Å². The Labute approximate surface area is 111 Å². The van der Waals surface area contributed by atoms with Crippen LogP contribution < -0.4 is 5.32 Å². The van der Waals surface area contributed by atoms with Crippen molar-refractivity contribution in [1.29, 1.82) is 0 Å². The lowest BCUT2D eigenvalue weighted by Crippen LogP contribution is -2.40. The van der Waals surface area contributed by atoms with Gasteiger partial charge in [0.05, 0.1) is 6.20 Å². The highest BCUT2D eigenvalue weighted by Gasteiger charge is 2.27. The Bertz CT molecular complexity index is 358. The average Bonchev–Trinajstić information content (AvgIpc) is 2.76. The Morgan fingerprint density at radius 1 is 1.44 bits per heavy atom. The molecule has 3 unspecified atom stereocenters. The van der Waals surface area contributed by atoms with Crippen LogP contribution in [-0.4, -0.2) is 22.4 Å². The van der Waals surface area contributed by atoms with E-state index in [4.69, 9.17) is 0 Å². The van der Waals surface area contributed by atoms with Gasteiger partial charge in [-0.1, -0.05) is 13.8 Å². The van der Waals surface area contributed by atoms with E-state index in [1.165, 1.54) is 37.7 Å². The molecule has 3 heteroatoms. The summed E-state index contributed by atoms with van der Waals surface area (Å²) < 4.78 is 1.90. The standard InChI is InChI=1S/C15H27N3/c1-4-16-15-8-5-12(2)9-14(15)7-6-13-10-17-18(3)11-13/h10-12,14-16H,4-9H2,1-3H3. The molecular weight excluding hydrogens is 222 g/mol. The lowest BCUT2D eigenvalue weighted by molar-refractivity contribution is 0.205. The zero-order chi connectivity index (χ0) is 13.0. The van der Waals surface area contributed by atoms with Crippen LogP contribution in [-0.2, 0) is 13.5 Å². The van der Waals surface area contributed by atoms with Crippen LogP contribution in [0.1, 0.15) is 45.1 Å². The summed E-state index contributed by atoms with van der Waals surface area (Å²) in [6, 6.07) is 0.739. The molecule has 0 amide bonds. The van der Waals surface area contributed by atoms with E-state index < -0.39 is 0 Å². The fourth-order valence-corrected chi connectivity index (χ4v) is 3.30. The summed E-state index contributed by atoms with van der Waals surface area (Å²) in [6.45, 7) is 5.72. The second-order valence-electron chi connectivity index (χ2n) is 5.90. The van der Waals surface area contributed by atoms with Gasteiger partial charge in [-0.3, -0.25) is 4.68 Å². The van der Waals surface area contributed by atoms with Crippen LogP contribution in [0.3, 0.4) is 0 Å². The highest BCUT2D eigenvalue weighted by Crippen LogP contribution is 2.32. The molecular formula is C15H27N3. The summed E-state index contributed by atoms with van der Waals surface area (Å²) in [5.74, 6) is 1.74. The van der Waals surface area contributed by atoms with Gasteiger partial charge in [0.15, 0.2) is 0 Å². The maximum Gasteiger partial charge on any atom is 0.0521 e. The van der Waals surface area contributed by atoms with E-state index in [1.807, 2.05) is 17.9 Å². The number of hydrogen-bond acceptors (Lipinski definition) is 2. The highest BCUT2D eigenvalue weighted by molar-refractivity contribution is 5.04. The molecule has 1 heterocycles. The van der Waals surface area contributed by atoms with Crippen LogP contribution in [0.4, 0.5) is 0 Å². The highest BCUT2D eigenvalue weighted by atomic mass is 15.2. The van der Waals surface area contributed by atoms with Crippen molar-refractivity contribution in [2.45, 2.75) is 52.0 Å². The Hall–Kier alpha value is -0.830. The Balaban J connectivity index is 1.87. The van der Waals surface area contributed by atoms with E-state index in [0.717, 1.165) is 24.4 Å². The second-order valence-corrected chi connectivity index (χ2v) is 5.90. The summed E-state index contributed by atoms with van der Waals surface area (Å²) in [4.78, 5) is 0. The van der Waals surface area contributed by atoms with Crippen molar-refractivity contribution in [3.63, 3.8) is 0 Å². The van der Waals surface area contributed by atoms with E-state index in [1.54, 1.807) is 0 Å². The van der Waals surface area contributed by atoms with Gasteiger partial charge in [0.25, 0.3) is 0 Å². The van der Waals surface area contributed by atoms with Crippen LogP contribution in [0, 0.1) is 11.8 Å². The predicted octanol–water partition coefficient (Wildman–Crippen LogP) is 2.77. The number of aromatic nitrogens is 2. The van der Waals surface area contributed by atoms with Crippen molar-refractivity contribution in [3.05, 3.63) is 18.0 Å². The summed E-state index contributed by atoms with van der Waals surface area (Å²) >= 11 is 0. The number of nitrogens with zero attached hydrogens (tertiary/aromatic N) is 2. The zero-order valence-corrected chi connectivity index (χ0v) is 12.0. The first-order chi connectivity index (χ1) is 8.69. The summed E-state index contributed by atoms with van der Waals surface area (Å²) in [7, 11) is 1.99. The zero-order valence-electron chi connectivity index (χ0n) is 12.0. The molecule has 0 radical (unpaired) electrons. The monoisotopic (exact) mass is 249 g/mol. The van der Waals surface area contributed by atoms with E-state index in [0.29, 0.717) is 0 Å². The summed E-state index contributed by atoms with van der Waals surface area (Å²) in [5, 5.41) is 7.93. The van der Waals surface area contributed by atoms with E-state index >= 15 is 0 Å². The van der Waals surface area contributed by atoms with Gasteiger partial charge in [-0.05, 0) is 56.0 Å². The third-order valence-corrected chi connectivity index (χ3v) is 4.27. The average molecular weight is 249 g/mol. The molecule has 102 valence electrons. The van der Waals surface area contributed by atoms with Gasteiger partial charge in [-0.25, -0.2) is 0 Å². The van der Waals surface area contributed by atoms with E-state index in [2.05, 4.69) is 30.5 Å². The van der Waals surface area contributed by atoms with E-state index in [9.17, 15) is 0 Å². The van der Waals surface area contributed by atoms with Crippen molar-refractivity contribution in [1.82, 2.24) is 15.1 Å². The van der Waals surface area contributed by atoms with Gasteiger partial charge >= 0.3 is 0 Å². The van der Waals surface area contributed by atoms with Crippen molar-refractivity contribution in [3.8, 4) is 0 Å². The molecule has 1 aromatic rings. The molecule has 3 nitrogen and oxygen atoms in total. The van der Waals surface area contributed by atoms with Crippen LogP contribution in [0.15, 0.2) is 12.4 Å². The first-order valence-corrected chi connectivity index (χ1v) is 7.40. The Morgan fingerprint density at radius 3 is 2.94 bits per heavy atom. The molecule has 0 spiro atoms. The minimum atomic E-state index is 0.739. The third kappa shape index (κ3) is 3.58. The maximum atomic E-state index is 4.25. The molecule has 1 N–H and O–H groups in total. The van der Waals surface area contributed by atoms with E-state index in [-0.39, 0.29) is 0 Å². The summed E-state index contributed by atoms with van der Waals surface area (Å²) in [6.07, 6.45) is 10.8. The number of aryl methyl sites for hydroxylation is 2. The van der Waals surface area contributed by atoms with Crippen LogP contribution in [0.5, 0.6) is 0 Å². The smallest absolute Gasteiger partial charge is 0.0521 e. The SMILES string of the molecule is CCNC1CCC(C)CC1CCc1cnn(C)c1. The van der Waals surface area contributed by atoms with Crippen molar-refractivity contribution >= 4 is 0 Å². The molecule has 0 aromatic carbocycles. The molecule has 2 rings (SSSR count). The third-order valence-electron chi connectivity index (χ3n) is 4.27. The molecule has 1 aliphatic rings. The number of rotatable bonds is 5. The minimum Gasteiger partial charge on any atom is -0.314 e. The lowest BCUT2D eigenvalue weighted by atomic mass is 9.76. The molecule has 3 atom stereocenters. The van der Waals surface area contributed by atoms with Crippen molar-refractivity contribution in [2.24, 2.45) is 18.9 Å². The van der Waals surface area contributed by atoms with Crippen LogP contribution in [0.25, 0.3) is 0 Å². The molecule has 1 fully saturated rings. The molecule has 1 aromatic heterocycles. The quantitative estimate of drug-likeness (QED) is 0.869. The largest absolute Gasteiger partial charge is 0.314 e. The predicted molar refractivity (Wildman–Crippen MR) is 75.5 cm³/mol.